The Bertz CT molecular complexity index is 432. The fourth-order valence-corrected chi connectivity index (χ4v) is 3.26. The number of nitrogens with one attached hydrogen (secondary N) is 1. The number of methoxy groups -OCH3 is 1. The van der Waals surface area contributed by atoms with E-state index >= 15 is 0 Å². The maximum Gasteiger partial charge on any atom is 0.0724 e. The van der Waals surface area contributed by atoms with Crippen LogP contribution in [0.2, 0.25) is 0 Å². The molecule has 0 bridgehead atoms. The van der Waals surface area contributed by atoms with E-state index in [1.807, 2.05) is 7.11 Å². The lowest BCUT2D eigenvalue weighted by Gasteiger charge is -2.33. The first-order valence-electron chi connectivity index (χ1n) is 8.31. The van der Waals surface area contributed by atoms with Gasteiger partial charge in [-0.25, -0.2) is 0 Å². The van der Waals surface area contributed by atoms with Crippen LogP contribution in [0, 0.1) is 0 Å². The highest BCUT2D eigenvalue weighted by atomic mass is 16.5. The second kappa shape index (κ2) is 6.93. The van der Waals surface area contributed by atoms with Crippen LogP contribution in [-0.2, 0) is 10.2 Å². The molecule has 1 fully saturated rings. The smallest absolute Gasteiger partial charge is 0.0724 e. The van der Waals surface area contributed by atoms with Crippen LogP contribution in [0.5, 0.6) is 0 Å². The van der Waals surface area contributed by atoms with E-state index in [0.29, 0.717) is 18.2 Å². The molecule has 2 heteroatoms. The van der Waals surface area contributed by atoms with Crippen LogP contribution in [0.1, 0.15) is 70.5 Å². The van der Waals surface area contributed by atoms with Crippen LogP contribution >= 0.6 is 0 Å². The van der Waals surface area contributed by atoms with Crippen LogP contribution in [0.3, 0.4) is 0 Å². The maximum atomic E-state index is 5.64. The molecule has 3 unspecified atom stereocenters. The molecule has 0 spiro atoms. The Labute approximate surface area is 130 Å². The van der Waals surface area contributed by atoms with Gasteiger partial charge in [-0.3, -0.25) is 0 Å². The van der Waals surface area contributed by atoms with E-state index in [1.54, 1.807) is 0 Å². The van der Waals surface area contributed by atoms with Crippen molar-refractivity contribution in [2.24, 2.45) is 0 Å². The monoisotopic (exact) mass is 289 g/mol. The van der Waals surface area contributed by atoms with Crippen LogP contribution in [0.4, 0.5) is 0 Å². The largest absolute Gasteiger partial charge is 0.380 e. The molecule has 1 N–H and O–H groups in total. The van der Waals surface area contributed by atoms with Crippen molar-refractivity contribution in [1.29, 1.82) is 0 Å². The molecule has 1 aliphatic carbocycles. The summed E-state index contributed by atoms with van der Waals surface area (Å²) in [6.45, 7) is 9.03. The lowest BCUT2D eigenvalue weighted by atomic mass is 9.86. The topological polar surface area (TPSA) is 21.3 Å². The molecule has 118 valence electrons. The van der Waals surface area contributed by atoms with Gasteiger partial charge in [0.1, 0.15) is 0 Å². The van der Waals surface area contributed by atoms with E-state index in [9.17, 15) is 0 Å². The molecule has 2 rings (SSSR count). The summed E-state index contributed by atoms with van der Waals surface area (Å²) >= 11 is 0. The molecular weight excluding hydrogens is 258 g/mol. The molecule has 0 aliphatic heterocycles. The summed E-state index contributed by atoms with van der Waals surface area (Å²) in [5, 5.41) is 3.77. The fourth-order valence-electron chi connectivity index (χ4n) is 3.26. The van der Waals surface area contributed by atoms with Gasteiger partial charge >= 0.3 is 0 Å². The van der Waals surface area contributed by atoms with Crippen molar-refractivity contribution in [2.75, 3.05) is 7.11 Å². The third kappa shape index (κ3) is 4.31. The Balaban J connectivity index is 2.01. The fraction of sp³-hybridized carbons (Fsp3) is 0.684. The van der Waals surface area contributed by atoms with Gasteiger partial charge in [-0.1, -0.05) is 57.9 Å². The lowest BCUT2D eigenvalue weighted by Crippen LogP contribution is -2.44. The molecule has 0 amide bonds. The molecule has 0 saturated heterocycles. The zero-order valence-corrected chi connectivity index (χ0v) is 14.3. The minimum atomic E-state index is 0.222. The van der Waals surface area contributed by atoms with Crippen LogP contribution in [0.15, 0.2) is 24.3 Å². The molecule has 2 nitrogen and oxygen atoms in total. The first-order valence-corrected chi connectivity index (χ1v) is 8.31. The molecular formula is C19H31NO. The Morgan fingerprint density at radius 1 is 1.10 bits per heavy atom. The van der Waals surface area contributed by atoms with Crippen molar-refractivity contribution in [2.45, 2.75) is 77.0 Å². The van der Waals surface area contributed by atoms with Gasteiger partial charge in [-0.2, -0.15) is 0 Å². The van der Waals surface area contributed by atoms with Gasteiger partial charge < -0.3 is 10.1 Å². The Morgan fingerprint density at radius 2 is 1.71 bits per heavy atom. The van der Waals surface area contributed by atoms with Crippen molar-refractivity contribution in [3.8, 4) is 0 Å². The van der Waals surface area contributed by atoms with Gasteiger partial charge in [0.2, 0.25) is 0 Å². The zero-order valence-electron chi connectivity index (χ0n) is 14.3. The molecule has 1 aliphatic rings. The van der Waals surface area contributed by atoms with Gasteiger partial charge in [-0.05, 0) is 36.3 Å². The number of ether oxygens (including phenoxy) is 1. The van der Waals surface area contributed by atoms with E-state index in [-0.39, 0.29) is 5.41 Å². The van der Waals surface area contributed by atoms with Gasteiger partial charge in [-0.15, -0.1) is 0 Å². The second-order valence-corrected chi connectivity index (χ2v) is 7.43. The average molecular weight is 289 g/mol. The molecule has 3 atom stereocenters. The minimum absolute atomic E-state index is 0.222. The second-order valence-electron chi connectivity index (χ2n) is 7.43. The molecule has 1 aromatic rings. The normalized spacial score (nSPS) is 24.8. The highest BCUT2D eigenvalue weighted by Gasteiger charge is 2.26. The van der Waals surface area contributed by atoms with Gasteiger partial charge in [0.05, 0.1) is 6.10 Å². The predicted molar refractivity (Wildman–Crippen MR) is 89.7 cm³/mol. The Kier molecular flexibility index (Phi) is 5.45. The first-order chi connectivity index (χ1) is 9.91. The number of benzene rings is 1. The Hall–Kier alpha value is -0.860. The summed E-state index contributed by atoms with van der Waals surface area (Å²) < 4.78 is 5.64. The highest BCUT2D eigenvalue weighted by Crippen LogP contribution is 2.26. The quantitative estimate of drug-likeness (QED) is 0.875. The number of rotatable bonds is 4. The zero-order chi connectivity index (χ0) is 15.5. The van der Waals surface area contributed by atoms with Crippen molar-refractivity contribution in [3.63, 3.8) is 0 Å². The summed E-state index contributed by atoms with van der Waals surface area (Å²) in [6.07, 6.45) is 5.39. The molecule has 21 heavy (non-hydrogen) atoms. The van der Waals surface area contributed by atoms with Gasteiger partial charge in [0.25, 0.3) is 0 Å². The summed E-state index contributed by atoms with van der Waals surface area (Å²) in [4.78, 5) is 0. The van der Waals surface area contributed by atoms with Crippen molar-refractivity contribution in [3.05, 3.63) is 35.4 Å². The third-order valence-corrected chi connectivity index (χ3v) is 4.75. The summed E-state index contributed by atoms with van der Waals surface area (Å²) in [5.74, 6) is 0. The average Bonchev–Trinajstić information content (AvgIpc) is 2.47. The van der Waals surface area contributed by atoms with Crippen molar-refractivity contribution >= 4 is 0 Å². The molecule has 1 saturated carbocycles. The SMILES string of the molecule is COC1CCCCC1NC(C)c1ccc(C(C)(C)C)cc1. The highest BCUT2D eigenvalue weighted by molar-refractivity contribution is 5.29. The number of hydrogen-bond acceptors (Lipinski definition) is 2. The first kappa shape index (κ1) is 16.5. The summed E-state index contributed by atoms with van der Waals surface area (Å²) in [7, 11) is 1.84. The van der Waals surface area contributed by atoms with Crippen LogP contribution in [0.25, 0.3) is 0 Å². The maximum absolute atomic E-state index is 5.64. The van der Waals surface area contributed by atoms with Gasteiger partial charge in [0.15, 0.2) is 0 Å². The standard InChI is InChI=1S/C19H31NO/c1-14(20-17-8-6-7-9-18(17)21-5)15-10-12-16(13-11-15)19(2,3)4/h10-14,17-18,20H,6-9H2,1-5H3. The van der Waals surface area contributed by atoms with E-state index in [2.05, 4.69) is 57.3 Å². The predicted octanol–water partition coefficient (Wildman–Crippen LogP) is 4.59. The summed E-state index contributed by atoms with van der Waals surface area (Å²) in [6, 6.07) is 9.93. The minimum Gasteiger partial charge on any atom is -0.380 e. The van der Waals surface area contributed by atoms with E-state index in [4.69, 9.17) is 4.74 Å². The molecule has 0 aromatic heterocycles. The van der Waals surface area contributed by atoms with Crippen LogP contribution in [-0.4, -0.2) is 19.3 Å². The van der Waals surface area contributed by atoms with E-state index in [1.165, 1.54) is 36.8 Å². The molecule has 0 radical (unpaired) electrons. The van der Waals surface area contributed by atoms with Crippen LogP contribution < -0.4 is 5.32 Å². The third-order valence-electron chi connectivity index (χ3n) is 4.75. The lowest BCUT2D eigenvalue weighted by molar-refractivity contribution is 0.0384. The Morgan fingerprint density at radius 3 is 2.29 bits per heavy atom. The summed E-state index contributed by atoms with van der Waals surface area (Å²) in [5.41, 5.74) is 2.98. The molecule has 0 heterocycles. The van der Waals surface area contributed by atoms with Crippen molar-refractivity contribution in [1.82, 2.24) is 5.32 Å². The van der Waals surface area contributed by atoms with E-state index in [0.717, 1.165) is 0 Å². The number of hydrogen-bond donors (Lipinski definition) is 1. The van der Waals surface area contributed by atoms with E-state index < -0.39 is 0 Å². The molecule has 1 aromatic carbocycles. The van der Waals surface area contributed by atoms with Crippen molar-refractivity contribution < 1.29 is 4.74 Å². The van der Waals surface area contributed by atoms with Gasteiger partial charge in [0, 0.05) is 19.2 Å².